The average Bonchev–Trinajstić information content (AvgIpc) is 3.12. The number of hydrogen-bond acceptors (Lipinski definition) is 2. The Hall–Kier alpha value is -1.00. The van der Waals surface area contributed by atoms with Crippen molar-refractivity contribution in [3.8, 4) is 0 Å². The van der Waals surface area contributed by atoms with E-state index in [9.17, 15) is 13.9 Å². The van der Waals surface area contributed by atoms with Crippen LogP contribution in [0.5, 0.6) is 0 Å². The molecule has 1 aromatic carbocycles. The maximum atomic E-state index is 13.7. The Morgan fingerprint density at radius 1 is 1.31 bits per heavy atom. The third-order valence-corrected chi connectivity index (χ3v) is 2.99. The van der Waals surface area contributed by atoms with Crippen LogP contribution in [-0.4, -0.2) is 11.7 Å². The summed E-state index contributed by atoms with van der Waals surface area (Å²) in [6, 6.07) is 5.80. The van der Waals surface area contributed by atoms with Gasteiger partial charge in [-0.05, 0) is 18.4 Å². The third kappa shape index (κ3) is 2.08. The number of rotatable bonds is 4. The van der Waals surface area contributed by atoms with E-state index < -0.39 is 17.9 Å². The Kier molecular flexibility index (Phi) is 2.95. The minimum atomic E-state index is -2.73. The molecule has 0 aliphatic heterocycles. The van der Waals surface area contributed by atoms with Gasteiger partial charge in [0, 0.05) is 18.0 Å². The largest absolute Gasteiger partial charge is 0.387 e. The summed E-state index contributed by atoms with van der Waals surface area (Å²) >= 11 is 0. The first-order chi connectivity index (χ1) is 7.55. The molecule has 0 bridgehead atoms. The quantitative estimate of drug-likeness (QED) is 0.828. The number of halogens is 2. The van der Waals surface area contributed by atoms with Gasteiger partial charge < -0.3 is 10.8 Å². The fourth-order valence-corrected chi connectivity index (χ4v) is 1.75. The molecular weight excluding hydrogens is 212 g/mol. The van der Waals surface area contributed by atoms with Crippen LogP contribution in [0.2, 0.25) is 0 Å². The second-order valence-corrected chi connectivity index (χ2v) is 4.27. The number of aliphatic hydroxyl groups excluding tert-OH is 1. The predicted octanol–water partition coefficient (Wildman–Crippen LogP) is 2.18. The molecule has 0 aromatic heterocycles. The maximum absolute atomic E-state index is 13.7. The lowest BCUT2D eigenvalue weighted by atomic mass is 10.0. The van der Waals surface area contributed by atoms with Crippen LogP contribution >= 0.6 is 0 Å². The second-order valence-electron chi connectivity index (χ2n) is 4.27. The topological polar surface area (TPSA) is 46.2 Å². The van der Waals surface area contributed by atoms with Crippen LogP contribution in [0.25, 0.3) is 0 Å². The molecule has 1 aliphatic carbocycles. The molecule has 0 amide bonds. The summed E-state index contributed by atoms with van der Waals surface area (Å²) in [5.74, 6) is -3.23. The van der Waals surface area contributed by atoms with E-state index in [1.54, 1.807) is 0 Å². The first-order valence-electron chi connectivity index (χ1n) is 5.42. The van der Waals surface area contributed by atoms with E-state index in [1.165, 1.54) is 24.3 Å². The summed E-state index contributed by atoms with van der Waals surface area (Å²) in [6.07, 6.45) is 0.420. The molecule has 2 rings (SSSR count). The normalized spacial score (nSPS) is 18.5. The Morgan fingerprint density at radius 2 is 1.88 bits per heavy atom. The molecule has 0 heterocycles. The van der Waals surface area contributed by atoms with Crippen molar-refractivity contribution in [2.24, 2.45) is 11.7 Å². The van der Waals surface area contributed by atoms with Crippen LogP contribution in [-0.2, 0) is 5.92 Å². The van der Waals surface area contributed by atoms with Gasteiger partial charge in [0.25, 0.3) is 5.92 Å². The fraction of sp³-hybridized carbons (Fsp3) is 0.500. The number of benzene rings is 1. The van der Waals surface area contributed by atoms with Gasteiger partial charge in [-0.1, -0.05) is 24.3 Å². The molecule has 1 fully saturated rings. The van der Waals surface area contributed by atoms with E-state index in [1.807, 2.05) is 0 Å². The summed E-state index contributed by atoms with van der Waals surface area (Å²) in [6.45, 7) is 0.0956. The van der Waals surface area contributed by atoms with Gasteiger partial charge in [-0.3, -0.25) is 0 Å². The van der Waals surface area contributed by atoms with Gasteiger partial charge in [-0.25, -0.2) is 8.78 Å². The van der Waals surface area contributed by atoms with Crippen LogP contribution < -0.4 is 5.73 Å². The van der Waals surface area contributed by atoms with E-state index in [-0.39, 0.29) is 12.1 Å². The van der Waals surface area contributed by atoms with Crippen molar-refractivity contribution in [1.29, 1.82) is 0 Å². The smallest absolute Gasteiger partial charge is 0.276 e. The molecule has 1 aromatic rings. The van der Waals surface area contributed by atoms with Crippen molar-refractivity contribution in [2.45, 2.75) is 24.9 Å². The molecule has 0 radical (unpaired) electrons. The molecule has 3 N–H and O–H groups in total. The van der Waals surface area contributed by atoms with Crippen LogP contribution in [0.1, 0.15) is 30.1 Å². The van der Waals surface area contributed by atoms with Gasteiger partial charge in [0.15, 0.2) is 0 Å². The van der Waals surface area contributed by atoms with E-state index in [0.29, 0.717) is 18.4 Å². The summed E-state index contributed by atoms with van der Waals surface area (Å²) in [5.41, 5.74) is 5.90. The van der Waals surface area contributed by atoms with E-state index >= 15 is 0 Å². The zero-order valence-corrected chi connectivity index (χ0v) is 8.87. The number of aliphatic hydroxyl groups is 1. The lowest BCUT2D eigenvalue weighted by Crippen LogP contribution is -2.16. The van der Waals surface area contributed by atoms with Crippen molar-refractivity contribution < 1.29 is 13.9 Å². The molecule has 88 valence electrons. The number of nitrogens with two attached hydrogens (primary N) is 1. The lowest BCUT2D eigenvalue weighted by Gasteiger charge is -2.17. The first kappa shape index (κ1) is 11.5. The van der Waals surface area contributed by atoms with Gasteiger partial charge in [-0.15, -0.1) is 0 Å². The Bertz CT molecular complexity index is 360. The van der Waals surface area contributed by atoms with Gasteiger partial charge in [-0.2, -0.15) is 0 Å². The minimum Gasteiger partial charge on any atom is -0.387 e. The van der Waals surface area contributed by atoms with E-state index in [2.05, 4.69) is 0 Å². The highest BCUT2D eigenvalue weighted by atomic mass is 19.3. The Labute approximate surface area is 93.1 Å². The van der Waals surface area contributed by atoms with Crippen molar-refractivity contribution in [3.05, 3.63) is 35.4 Å². The molecule has 0 spiro atoms. The predicted molar refractivity (Wildman–Crippen MR) is 57.1 cm³/mol. The molecule has 1 aliphatic rings. The zero-order valence-electron chi connectivity index (χ0n) is 8.87. The van der Waals surface area contributed by atoms with Gasteiger partial charge in [0.1, 0.15) is 0 Å². The highest BCUT2D eigenvalue weighted by Crippen LogP contribution is 2.49. The summed E-state index contributed by atoms with van der Waals surface area (Å²) < 4.78 is 27.3. The van der Waals surface area contributed by atoms with Crippen molar-refractivity contribution in [1.82, 2.24) is 0 Å². The summed E-state index contributed by atoms with van der Waals surface area (Å²) in [4.78, 5) is 0. The van der Waals surface area contributed by atoms with Crippen LogP contribution in [0, 0.1) is 5.92 Å². The molecule has 1 saturated carbocycles. The molecule has 1 unspecified atom stereocenters. The van der Waals surface area contributed by atoms with Crippen molar-refractivity contribution >= 4 is 0 Å². The summed E-state index contributed by atoms with van der Waals surface area (Å²) in [7, 11) is 0. The monoisotopic (exact) mass is 227 g/mol. The van der Waals surface area contributed by atoms with Crippen molar-refractivity contribution in [3.63, 3.8) is 0 Å². The Balaban J connectivity index is 2.18. The van der Waals surface area contributed by atoms with Crippen LogP contribution in [0.4, 0.5) is 8.78 Å². The SMILES string of the molecule is NCC(O)c1ccc(C(F)(F)C2CC2)cc1. The van der Waals surface area contributed by atoms with Gasteiger partial charge in [0.2, 0.25) is 0 Å². The van der Waals surface area contributed by atoms with E-state index in [0.717, 1.165) is 0 Å². The van der Waals surface area contributed by atoms with Gasteiger partial charge >= 0.3 is 0 Å². The highest BCUT2D eigenvalue weighted by molar-refractivity contribution is 5.28. The van der Waals surface area contributed by atoms with Crippen LogP contribution in [0.15, 0.2) is 24.3 Å². The molecule has 4 heteroatoms. The lowest BCUT2D eigenvalue weighted by molar-refractivity contribution is -0.0286. The van der Waals surface area contributed by atoms with Gasteiger partial charge in [0.05, 0.1) is 6.10 Å². The molecule has 0 saturated heterocycles. The molecular formula is C12H15F2NO. The second kappa shape index (κ2) is 4.11. The minimum absolute atomic E-state index is 0.0305. The zero-order chi connectivity index (χ0) is 11.8. The maximum Gasteiger partial charge on any atom is 0.276 e. The fourth-order valence-electron chi connectivity index (χ4n) is 1.75. The standard InChI is InChI=1S/C12H15F2NO/c13-12(14,10-5-6-10)9-3-1-8(2-4-9)11(16)7-15/h1-4,10-11,16H,5-7,15H2. The number of hydrogen-bond donors (Lipinski definition) is 2. The first-order valence-corrected chi connectivity index (χ1v) is 5.42. The van der Waals surface area contributed by atoms with Crippen LogP contribution in [0.3, 0.4) is 0 Å². The number of alkyl halides is 2. The summed E-state index contributed by atoms with van der Waals surface area (Å²) in [5, 5.41) is 9.43. The van der Waals surface area contributed by atoms with Crippen molar-refractivity contribution in [2.75, 3.05) is 6.54 Å². The van der Waals surface area contributed by atoms with E-state index in [4.69, 9.17) is 5.73 Å². The molecule has 1 atom stereocenters. The molecule has 2 nitrogen and oxygen atoms in total. The third-order valence-electron chi connectivity index (χ3n) is 2.99. The average molecular weight is 227 g/mol. The molecule has 16 heavy (non-hydrogen) atoms. The highest BCUT2D eigenvalue weighted by Gasteiger charge is 2.47. The Morgan fingerprint density at radius 3 is 2.31 bits per heavy atom.